The van der Waals surface area contributed by atoms with Crippen LogP contribution in [0.4, 0.5) is 0 Å². The predicted molar refractivity (Wildman–Crippen MR) is 184 cm³/mol. The molecule has 0 spiro atoms. The van der Waals surface area contributed by atoms with Crippen LogP contribution in [0.25, 0.3) is 0 Å². The quantitative estimate of drug-likeness (QED) is 0.120. The van der Waals surface area contributed by atoms with E-state index in [9.17, 15) is 38.4 Å². The fourth-order valence-corrected chi connectivity index (χ4v) is 6.42. The molecular weight excluding hydrogens is 697 g/mol. The highest BCUT2D eigenvalue weighted by Gasteiger charge is 2.38. The van der Waals surface area contributed by atoms with E-state index in [1.165, 1.54) is 50.4 Å². The molecule has 18 heteroatoms. The van der Waals surface area contributed by atoms with Gasteiger partial charge in [-0.3, -0.25) is 58.0 Å². The lowest BCUT2D eigenvalue weighted by Gasteiger charge is -2.15. The Labute approximate surface area is 300 Å². The second-order valence-electron chi connectivity index (χ2n) is 11.2. The van der Waals surface area contributed by atoms with Crippen LogP contribution in [0.2, 0.25) is 0 Å². The first kappa shape index (κ1) is 43.0. The van der Waals surface area contributed by atoms with Crippen molar-refractivity contribution < 1.29 is 57.3 Å². The van der Waals surface area contributed by atoms with Gasteiger partial charge in [0, 0.05) is 37.3 Å². The van der Waals surface area contributed by atoms with Crippen LogP contribution in [0.3, 0.4) is 0 Å². The normalized spacial score (nSPS) is 22.0. The largest absolute Gasteiger partial charge is 0.377 e. The topological polar surface area (TPSA) is 186 Å². The standard InChI is InChI=1S/C16H24N2O6S.C15H20N2O6S.CH4/c1-11-9-13(19)17(15(11)21)3-5-23-7-8-24-6-4-18-14(20)10-12(25-2)16(18)22;1-24-11-10-14(20)17(15(11)21)5-7-23-9-8-22-6-4-16-12(18)2-3-13(16)19;/h11-12H,3-10H2,1-2H3;2-3,11H,4-10H2,1H3;1H4. The number of likely N-dealkylation sites (tertiary alicyclic amines) is 3. The van der Waals surface area contributed by atoms with Gasteiger partial charge in [0.1, 0.15) is 0 Å². The fourth-order valence-electron chi connectivity index (χ4n) is 5.15. The first-order valence-corrected chi connectivity index (χ1v) is 18.5. The second-order valence-corrected chi connectivity index (χ2v) is 13.3. The van der Waals surface area contributed by atoms with Crippen LogP contribution in [0.15, 0.2) is 12.2 Å². The summed E-state index contributed by atoms with van der Waals surface area (Å²) in [5.41, 5.74) is 0. The number of imide groups is 4. The number of ether oxygens (including phenoxy) is 4. The van der Waals surface area contributed by atoms with E-state index < -0.39 is 0 Å². The van der Waals surface area contributed by atoms with Crippen LogP contribution in [-0.4, -0.2) is 169 Å². The molecule has 4 aliphatic rings. The molecule has 3 unspecified atom stereocenters. The number of thioether (sulfide) groups is 2. The van der Waals surface area contributed by atoms with E-state index >= 15 is 0 Å². The summed E-state index contributed by atoms with van der Waals surface area (Å²) in [5, 5.41) is -0.541. The fraction of sp³-hybridized carbons (Fsp3) is 0.688. The van der Waals surface area contributed by atoms with E-state index in [-0.39, 0.29) is 143 Å². The average molecular weight is 745 g/mol. The number of hydrogen-bond donors (Lipinski definition) is 0. The van der Waals surface area contributed by atoms with Crippen molar-refractivity contribution in [1.82, 2.24) is 19.6 Å². The summed E-state index contributed by atoms with van der Waals surface area (Å²) in [4.78, 5) is 97.9. The van der Waals surface area contributed by atoms with Gasteiger partial charge in [-0.1, -0.05) is 14.4 Å². The van der Waals surface area contributed by atoms with Gasteiger partial charge in [-0.25, -0.2) is 0 Å². The lowest BCUT2D eigenvalue weighted by Crippen LogP contribution is -2.34. The highest BCUT2D eigenvalue weighted by Crippen LogP contribution is 2.23. The predicted octanol–water partition coefficient (Wildman–Crippen LogP) is -0.0237. The van der Waals surface area contributed by atoms with Gasteiger partial charge in [-0.2, -0.15) is 23.5 Å². The van der Waals surface area contributed by atoms with Crippen molar-refractivity contribution in [2.75, 3.05) is 91.5 Å². The highest BCUT2D eigenvalue weighted by atomic mass is 32.2. The maximum atomic E-state index is 11.9. The zero-order valence-corrected chi connectivity index (χ0v) is 29.6. The van der Waals surface area contributed by atoms with Crippen LogP contribution in [-0.2, 0) is 57.3 Å². The summed E-state index contributed by atoms with van der Waals surface area (Å²) >= 11 is 2.77. The molecule has 0 saturated carbocycles. The third kappa shape index (κ3) is 12.3. The molecule has 50 heavy (non-hydrogen) atoms. The zero-order valence-electron chi connectivity index (χ0n) is 28.0. The minimum Gasteiger partial charge on any atom is -0.377 e. The van der Waals surface area contributed by atoms with Gasteiger partial charge in [-0.15, -0.1) is 0 Å². The molecule has 3 atom stereocenters. The smallest absolute Gasteiger partial charge is 0.253 e. The van der Waals surface area contributed by atoms with Gasteiger partial charge in [0.15, 0.2) is 0 Å². The number of carbonyl (C=O) groups is 8. The molecule has 4 rings (SSSR count). The summed E-state index contributed by atoms with van der Waals surface area (Å²) in [5.74, 6) is -1.81. The summed E-state index contributed by atoms with van der Waals surface area (Å²) in [7, 11) is 0. The first-order valence-electron chi connectivity index (χ1n) is 15.9. The lowest BCUT2D eigenvalue weighted by atomic mass is 10.1. The van der Waals surface area contributed by atoms with Crippen molar-refractivity contribution in [3.05, 3.63) is 12.2 Å². The Bertz CT molecular complexity index is 1260. The van der Waals surface area contributed by atoms with Crippen LogP contribution in [0.1, 0.15) is 33.6 Å². The van der Waals surface area contributed by atoms with Gasteiger partial charge in [-0.05, 0) is 12.5 Å². The van der Waals surface area contributed by atoms with Gasteiger partial charge >= 0.3 is 0 Å². The van der Waals surface area contributed by atoms with Gasteiger partial charge in [0.05, 0.1) is 89.5 Å². The number of nitrogens with zero attached hydrogens (tertiary/aromatic N) is 4. The van der Waals surface area contributed by atoms with E-state index in [1.807, 2.05) is 12.5 Å². The van der Waals surface area contributed by atoms with Crippen molar-refractivity contribution in [3.8, 4) is 0 Å². The van der Waals surface area contributed by atoms with E-state index in [4.69, 9.17) is 18.9 Å². The van der Waals surface area contributed by atoms with Crippen molar-refractivity contribution in [1.29, 1.82) is 0 Å². The van der Waals surface area contributed by atoms with Gasteiger partial charge in [0.25, 0.3) is 11.8 Å². The molecule has 3 saturated heterocycles. The van der Waals surface area contributed by atoms with Gasteiger partial charge < -0.3 is 18.9 Å². The summed E-state index contributed by atoms with van der Waals surface area (Å²) < 4.78 is 21.4. The van der Waals surface area contributed by atoms with Crippen LogP contribution in [0, 0.1) is 5.92 Å². The Balaban J connectivity index is 0.000000340. The summed E-state index contributed by atoms with van der Waals surface area (Å²) in [6.45, 7) is 4.99. The Morgan fingerprint density at radius 1 is 0.520 bits per heavy atom. The first-order chi connectivity index (χ1) is 23.5. The Morgan fingerprint density at radius 3 is 1.14 bits per heavy atom. The van der Waals surface area contributed by atoms with Crippen LogP contribution < -0.4 is 0 Å². The maximum Gasteiger partial charge on any atom is 0.253 e. The van der Waals surface area contributed by atoms with E-state index in [1.54, 1.807) is 6.92 Å². The number of hydrogen-bond acceptors (Lipinski definition) is 14. The van der Waals surface area contributed by atoms with Crippen LogP contribution >= 0.6 is 23.5 Å². The molecule has 4 aliphatic heterocycles. The third-order valence-electron chi connectivity index (χ3n) is 7.93. The Hall–Kier alpha value is -3.16. The number of carbonyl (C=O) groups excluding carboxylic acids is 8. The third-order valence-corrected chi connectivity index (χ3v) is 9.80. The summed E-state index contributed by atoms with van der Waals surface area (Å²) in [6.07, 6.45) is 6.88. The molecule has 3 fully saturated rings. The monoisotopic (exact) mass is 744 g/mol. The molecule has 0 radical (unpaired) electrons. The molecule has 0 aromatic heterocycles. The van der Waals surface area contributed by atoms with Crippen molar-refractivity contribution in [2.45, 2.75) is 44.1 Å². The number of amides is 8. The molecule has 0 N–H and O–H groups in total. The van der Waals surface area contributed by atoms with E-state index in [0.717, 1.165) is 4.90 Å². The summed E-state index contributed by atoms with van der Waals surface area (Å²) in [6, 6.07) is 0. The van der Waals surface area contributed by atoms with Crippen molar-refractivity contribution >= 4 is 70.8 Å². The SMILES string of the molecule is C.CSC1CC(=O)N(CCOCCOCCN2C(=O)C=CC2=O)C1=O.CSC1CC(=O)N(CCOCCOCCN2C(=O)CC(C)C2=O)C1=O. The van der Waals surface area contributed by atoms with Crippen molar-refractivity contribution in [2.24, 2.45) is 5.92 Å². The molecule has 0 aromatic carbocycles. The number of rotatable bonds is 20. The molecule has 16 nitrogen and oxygen atoms in total. The van der Waals surface area contributed by atoms with E-state index in [0.29, 0.717) is 26.4 Å². The minimum atomic E-state index is -0.330. The second kappa shape index (κ2) is 21.9. The molecule has 0 aliphatic carbocycles. The van der Waals surface area contributed by atoms with Crippen LogP contribution in [0.5, 0.6) is 0 Å². The Kier molecular flexibility index (Phi) is 18.9. The minimum absolute atomic E-state index is 0. The average Bonchev–Trinajstić information content (AvgIpc) is 3.73. The molecular formula is C32H48N4O12S2. The lowest BCUT2D eigenvalue weighted by molar-refractivity contribution is -0.141. The van der Waals surface area contributed by atoms with Crippen molar-refractivity contribution in [3.63, 3.8) is 0 Å². The Morgan fingerprint density at radius 2 is 0.840 bits per heavy atom. The van der Waals surface area contributed by atoms with Gasteiger partial charge in [0.2, 0.25) is 35.4 Å². The maximum absolute atomic E-state index is 11.9. The molecule has 0 aromatic rings. The zero-order chi connectivity index (χ0) is 35.9. The van der Waals surface area contributed by atoms with E-state index in [2.05, 4.69) is 0 Å². The molecule has 0 bridgehead atoms. The molecule has 280 valence electrons. The molecule has 8 amide bonds. The molecule has 4 heterocycles. The highest BCUT2D eigenvalue weighted by molar-refractivity contribution is 8.00.